The molecule has 106 valence electrons. The number of hydrogen-bond donors (Lipinski definition) is 0. The average Bonchev–Trinajstić information content (AvgIpc) is 2.55. The van der Waals surface area contributed by atoms with Gasteiger partial charge in [-0.25, -0.2) is 0 Å². The van der Waals surface area contributed by atoms with E-state index in [1.54, 1.807) is 7.11 Å². The molecule has 0 fully saturated rings. The first-order chi connectivity index (χ1) is 10.3. The highest BCUT2D eigenvalue weighted by Crippen LogP contribution is 2.24. The molecule has 3 aromatic carbocycles. The van der Waals surface area contributed by atoms with Crippen molar-refractivity contribution in [1.82, 2.24) is 0 Å². The highest BCUT2D eigenvalue weighted by Gasteiger charge is 2.17. The van der Waals surface area contributed by atoms with Crippen LogP contribution in [0.3, 0.4) is 0 Å². The molecule has 0 heterocycles. The first kappa shape index (κ1) is 14.0. The van der Waals surface area contributed by atoms with E-state index in [-0.39, 0.29) is 10.9 Å². The Labute approximate surface area is 128 Å². The Balaban J connectivity index is 1.87. The lowest BCUT2D eigenvalue weighted by atomic mass is 10.1. The number of ether oxygens (including phenoxy) is 1. The van der Waals surface area contributed by atoms with Gasteiger partial charge in [0.05, 0.1) is 7.11 Å². The molecule has 1 atom stereocenters. The number of methoxy groups -OCH3 is 1. The highest BCUT2D eigenvalue weighted by molar-refractivity contribution is 7.95. The van der Waals surface area contributed by atoms with Crippen molar-refractivity contribution < 1.29 is 4.74 Å². The van der Waals surface area contributed by atoms with Crippen LogP contribution in [0.25, 0.3) is 10.8 Å². The van der Waals surface area contributed by atoms with Crippen LogP contribution in [0, 0.1) is 0 Å². The van der Waals surface area contributed by atoms with Gasteiger partial charge in [-0.05, 0) is 35.0 Å². The second kappa shape index (κ2) is 6.23. The van der Waals surface area contributed by atoms with Crippen LogP contribution in [-0.4, -0.2) is 13.4 Å². The molecule has 0 radical (unpaired) electrons. The van der Waals surface area contributed by atoms with Gasteiger partial charge >= 0.3 is 0 Å². The summed E-state index contributed by atoms with van der Waals surface area (Å²) in [5, 5.41) is 2.69. The molecule has 0 spiro atoms. The predicted molar refractivity (Wildman–Crippen MR) is 92.2 cm³/mol. The van der Waals surface area contributed by atoms with Crippen LogP contribution in [0.15, 0.2) is 71.6 Å². The molecule has 0 saturated heterocycles. The third-order valence-corrected chi connectivity index (χ3v) is 5.53. The van der Waals surface area contributed by atoms with Crippen LogP contribution < -0.4 is 4.74 Å². The zero-order valence-electron chi connectivity index (χ0n) is 12.4. The Morgan fingerprint density at radius 2 is 1.57 bits per heavy atom. The smallest absolute Gasteiger partial charge is 0.155 e. The standard InChI is InChI=1S/C19H19OS/c1-20-17-10-12-18(13-11-17)21(2)14-16-8-5-7-15-6-3-4-9-19(15)16/h3-13H,14H2,1-2H3/q+1. The zero-order chi connectivity index (χ0) is 14.7. The summed E-state index contributed by atoms with van der Waals surface area (Å²) in [5.41, 5.74) is 1.43. The van der Waals surface area contributed by atoms with Gasteiger partial charge in [-0.3, -0.25) is 0 Å². The molecule has 1 nitrogen and oxygen atoms in total. The van der Waals surface area contributed by atoms with E-state index in [0.717, 1.165) is 11.5 Å². The molecule has 0 aliphatic heterocycles. The van der Waals surface area contributed by atoms with Gasteiger partial charge in [0.1, 0.15) is 17.8 Å². The minimum Gasteiger partial charge on any atom is -0.497 e. The number of fused-ring (bicyclic) bond motifs is 1. The van der Waals surface area contributed by atoms with E-state index in [9.17, 15) is 0 Å². The van der Waals surface area contributed by atoms with Crippen LogP contribution in [-0.2, 0) is 16.6 Å². The van der Waals surface area contributed by atoms with E-state index in [1.165, 1.54) is 21.2 Å². The van der Waals surface area contributed by atoms with Gasteiger partial charge in [0, 0.05) is 16.5 Å². The highest BCUT2D eigenvalue weighted by atomic mass is 32.2. The van der Waals surface area contributed by atoms with Gasteiger partial charge in [0.25, 0.3) is 0 Å². The molecule has 2 heteroatoms. The normalized spacial score (nSPS) is 12.3. The molecule has 0 bridgehead atoms. The van der Waals surface area contributed by atoms with E-state index in [2.05, 4.69) is 60.9 Å². The largest absolute Gasteiger partial charge is 0.497 e. The van der Waals surface area contributed by atoms with Crippen LogP contribution >= 0.6 is 0 Å². The maximum Gasteiger partial charge on any atom is 0.155 e. The molecule has 1 unspecified atom stereocenters. The van der Waals surface area contributed by atoms with Crippen LogP contribution in [0.4, 0.5) is 0 Å². The topological polar surface area (TPSA) is 9.23 Å². The molecule has 21 heavy (non-hydrogen) atoms. The Bertz CT molecular complexity index is 729. The monoisotopic (exact) mass is 295 g/mol. The number of hydrogen-bond acceptors (Lipinski definition) is 1. The summed E-state index contributed by atoms with van der Waals surface area (Å²) in [5.74, 6) is 1.99. The third-order valence-electron chi connectivity index (χ3n) is 3.71. The first-order valence-electron chi connectivity index (χ1n) is 7.01. The lowest BCUT2D eigenvalue weighted by molar-refractivity contribution is 0.414. The number of rotatable bonds is 4. The summed E-state index contributed by atoms with van der Waals surface area (Å²) < 4.78 is 5.23. The van der Waals surface area contributed by atoms with Gasteiger partial charge in [-0.2, -0.15) is 0 Å². The molecule has 0 saturated carbocycles. The summed E-state index contributed by atoms with van der Waals surface area (Å²) in [6, 6.07) is 23.6. The van der Waals surface area contributed by atoms with Crippen molar-refractivity contribution in [3.05, 3.63) is 72.3 Å². The predicted octanol–water partition coefficient (Wildman–Crippen LogP) is 4.66. The maximum absolute atomic E-state index is 5.23. The zero-order valence-corrected chi connectivity index (χ0v) is 13.2. The van der Waals surface area contributed by atoms with Gasteiger partial charge in [-0.1, -0.05) is 42.5 Å². The first-order valence-corrected chi connectivity index (χ1v) is 8.81. The van der Waals surface area contributed by atoms with Gasteiger partial charge in [0.2, 0.25) is 0 Å². The summed E-state index contributed by atoms with van der Waals surface area (Å²) in [7, 11) is 1.90. The Kier molecular flexibility index (Phi) is 4.16. The fourth-order valence-corrected chi connectivity index (χ4v) is 4.03. The van der Waals surface area contributed by atoms with Gasteiger partial charge < -0.3 is 4.74 Å². The molecule has 3 aromatic rings. The van der Waals surface area contributed by atoms with E-state index in [4.69, 9.17) is 4.74 Å². The molecule has 0 N–H and O–H groups in total. The quantitative estimate of drug-likeness (QED) is 0.636. The molecule has 0 aliphatic rings. The van der Waals surface area contributed by atoms with Crippen molar-refractivity contribution in [2.75, 3.05) is 13.4 Å². The van der Waals surface area contributed by atoms with E-state index in [0.29, 0.717) is 0 Å². The second-order valence-electron chi connectivity index (χ2n) is 5.10. The summed E-state index contributed by atoms with van der Waals surface area (Å²) in [6.07, 6.45) is 2.31. The van der Waals surface area contributed by atoms with Gasteiger partial charge in [-0.15, -0.1) is 0 Å². The Hall–Kier alpha value is -1.93. The van der Waals surface area contributed by atoms with E-state index in [1.807, 2.05) is 12.1 Å². The second-order valence-corrected chi connectivity index (χ2v) is 7.13. The fraction of sp³-hybridized carbons (Fsp3) is 0.158. The fourth-order valence-electron chi connectivity index (χ4n) is 2.54. The molecular weight excluding hydrogens is 276 g/mol. The summed E-state index contributed by atoms with van der Waals surface area (Å²) >= 11 is 0. The van der Waals surface area contributed by atoms with E-state index >= 15 is 0 Å². The van der Waals surface area contributed by atoms with Crippen LogP contribution in [0.1, 0.15) is 5.56 Å². The van der Waals surface area contributed by atoms with Crippen molar-refractivity contribution >= 4 is 21.7 Å². The molecule has 0 aliphatic carbocycles. The molecule has 0 aromatic heterocycles. The lowest BCUT2D eigenvalue weighted by Gasteiger charge is -2.07. The minimum absolute atomic E-state index is 0.194. The molecular formula is C19H19OS+. The lowest BCUT2D eigenvalue weighted by Crippen LogP contribution is -2.04. The Morgan fingerprint density at radius 1 is 0.857 bits per heavy atom. The van der Waals surface area contributed by atoms with Crippen LogP contribution in [0.5, 0.6) is 5.75 Å². The van der Waals surface area contributed by atoms with Crippen molar-refractivity contribution in [1.29, 1.82) is 0 Å². The minimum atomic E-state index is 0.194. The summed E-state index contributed by atoms with van der Waals surface area (Å²) in [4.78, 5) is 1.38. The third kappa shape index (κ3) is 3.06. The van der Waals surface area contributed by atoms with Crippen molar-refractivity contribution in [3.63, 3.8) is 0 Å². The average molecular weight is 295 g/mol. The molecule has 0 amide bonds. The van der Waals surface area contributed by atoms with Crippen molar-refractivity contribution in [2.24, 2.45) is 0 Å². The van der Waals surface area contributed by atoms with Crippen molar-refractivity contribution in [2.45, 2.75) is 10.6 Å². The SMILES string of the molecule is COc1ccc([S+](C)Cc2cccc3ccccc23)cc1. The summed E-state index contributed by atoms with van der Waals surface area (Å²) in [6.45, 7) is 0. The van der Waals surface area contributed by atoms with Crippen molar-refractivity contribution in [3.8, 4) is 5.75 Å². The maximum atomic E-state index is 5.23. The van der Waals surface area contributed by atoms with E-state index < -0.39 is 0 Å². The van der Waals surface area contributed by atoms with Gasteiger partial charge in [0.15, 0.2) is 4.90 Å². The molecule has 3 rings (SSSR count). The number of benzene rings is 3. The Morgan fingerprint density at radius 3 is 2.33 bits per heavy atom. The van der Waals surface area contributed by atoms with Crippen LogP contribution in [0.2, 0.25) is 0 Å².